The summed E-state index contributed by atoms with van der Waals surface area (Å²) in [5.74, 6) is 0.669. The van der Waals surface area contributed by atoms with Crippen molar-refractivity contribution in [3.05, 3.63) is 56.4 Å². The Hall–Kier alpha value is -2.51. The molecule has 30 heavy (non-hydrogen) atoms. The maximum absolute atomic E-state index is 13.1. The summed E-state index contributed by atoms with van der Waals surface area (Å²) >= 11 is 1.32. The molecule has 0 spiro atoms. The van der Waals surface area contributed by atoms with Crippen LogP contribution in [0.1, 0.15) is 45.9 Å². The number of amides is 1. The Balaban J connectivity index is 1.58. The van der Waals surface area contributed by atoms with E-state index < -0.39 is 0 Å². The Morgan fingerprint density at radius 2 is 1.97 bits per heavy atom. The zero-order valence-corrected chi connectivity index (χ0v) is 18.6. The van der Waals surface area contributed by atoms with Crippen LogP contribution in [0, 0.1) is 6.92 Å². The molecule has 1 aliphatic rings. The first-order valence-corrected chi connectivity index (χ1v) is 11.3. The number of rotatable bonds is 5. The van der Waals surface area contributed by atoms with Crippen molar-refractivity contribution in [3.63, 3.8) is 0 Å². The fourth-order valence-corrected chi connectivity index (χ4v) is 5.01. The quantitative estimate of drug-likeness (QED) is 0.676. The second-order valence-electron chi connectivity index (χ2n) is 8.24. The van der Waals surface area contributed by atoms with E-state index in [1.807, 2.05) is 35.8 Å². The number of aromatic nitrogens is 2. The largest absolute Gasteiger partial charge is 0.321 e. The van der Waals surface area contributed by atoms with Gasteiger partial charge in [-0.1, -0.05) is 18.6 Å². The first-order valence-electron chi connectivity index (χ1n) is 10.5. The fraction of sp³-hybridized carbons (Fsp3) is 0.435. The van der Waals surface area contributed by atoms with Crippen LogP contribution in [-0.4, -0.2) is 41.0 Å². The third-order valence-corrected chi connectivity index (χ3v) is 6.86. The van der Waals surface area contributed by atoms with Gasteiger partial charge >= 0.3 is 0 Å². The zero-order valence-electron chi connectivity index (χ0n) is 17.8. The molecule has 7 heteroatoms. The normalized spacial score (nSPS) is 14.0. The molecule has 1 amide bonds. The van der Waals surface area contributed by atoms with E-state index in [2.05, 4.69) is 24.3 Å². The summed E-state index contributed by atoms with van der Waals surface area (Å²) < 4.78 is 1.81. The summed E-state index contributed by atoms with van der Waals surface area (Å²) in [6, 6.07) is 7.95. The molecule has 1 aromatic carbocycles. The van der Waals surface area contributed by atoms with E-state index in [-0.39, 0.29) is 11.5 Å². The molecule has 1 N–H and O–H groups in total. The summed E-state index contributed by atoms with van der Waals surface area (Å²) in [5, 5.41) is 3.57. The van der Waals surface area contributed by atoms with E-state index in [1.165, 1.54) is 16.9 Å². The van der Waals surface area contributed by atoms with Crippen LogP contribution in [0.5, 0.6) is 0 Å². The van der Waals surface area contributed by atoms with E-state index >= 15 is 0 Å². The second-order valence-corrected chi connectivity index (χ2v) is 9.24. The predicted molar refractivity (Wildman–Crippen MR) is 123 cm³/mol. The molecule has 6 nitrogen and oxygen atoms in total. The number of hydrogen-bond acceptors (Lipinski definition) is 5. The van der Waals surface area contributed by atoms with Crippen LogP contribution >= 0.6 is 11.3 Å². The van der Waals surface area contributed by atoms with Crippen molar-refractivity contribution in [2.24, 2.45) is 0 Å². The standard InChI is InChI=1S/C23H28N4O2S/c1-15-19-22(25-18-7-5-4-6-13-27(18)23(19)29)30-20(15)21(28)24-17-10-8-16(9-11-17)12-14-26(2)3/h8-11H,4-7,12-14H2,1-3H3,(H,24,28). The lowest BCUT2D eigenvalue weighted by Gasteiger charge is -2.10. The van der Waals surface area contributed by atoms with E-state index in [9.17, 15) is 9.59 Å². The van der Waals surface area contributed by atoms with Crippen molar-refractivity contribution in [1.82, 2.24) is 14.5 Å². The van der Waals surface area contributed by atoms with Gasteiger partial charge in [0, 0.05) is 25.2 Å². The second kappa shape index (κ2) is 8.70. The highest BCUT2D eigenvalue weighted by molar-refractivity contribution is 7.20. The van der Waals surface area contributed by atoms with Crippen LogP contribution in [0.3, 0.4) is 0 Å². The van der Waals surface area contributed by atoms with Crippen molar-refractivity contribution in [2.45, 2.75) is 45.6 Å². The van der Waals surface area contributed by atoms with Gasteiger partial charge in [-0.05, 0) is 63.5 Å². The fourth-order valence-electron chi connectivity index (χ4n) is 3.92. The number of nitrogens with zero attached hydrogens (tertiary/aromatic N) is 3. The van der Waals surface area contributed by atoms with Gasteiger partial charge in [-0.2, -0.15) is 0 Å². The monoisotopic (exact) mass is 424 g/mol. The van der Waals surface area contributed by atoms with Gasteiger partial charge in [-0.3, -0.25) is 14.2 Å². The Morgan fingerprint density at radius 1 is 1.20 bits per heavy atom. The molecule has 0 bridgehead atoms. The lowest BCUT2D eigenvalue weighted by molar-refractivity contribution is 0.103. The number of likely N-dealkylation sites (N-methyl/N-ethyl adjacent to an activating group) is 1. The highest BCUT2D eigenvalue weighted by atomic mass is 32.1. The molecule has 0 atom stereocenters. The SMILES string of the molecule is Cc1c(C(=O)Nc2ccc(CCN(C)C)cc2)sc2nc3n(c(=O)c12)CCCCC3. The molecule has 3 heterocycles. The molecular weight excluding hydrogens is 396 g/mol. The average molecular weight is 425 g/mol. The van der Waals surface area contributed by atoms with Crippen molar-refractivity contribution in [2.75, 3.05) is 26.0 Å². The molecular formula is C23H28N4O2S. The van der Waals surface area contributed by atoms with Gasteiger partial charge in [-0.25, -0.2) is 4.98 Å². The van der Waals surface area contributed by atoms with Crippen LogP contribution < -0.4 is 10.9 Å². The molecule has 4 rings (SSSR count). The van der Waals surface area contributed by atoms with Crippen LogP contribution in [-0.2, 0) is 19.4 Å². The van der Waals surface area contributed by atoms with E-state index in [0.717, 1.165) is 55.7 Å². The smallest absolute Gasteiger partial charge is 0.266 e. The van der Waals surface area contributed by atoms with Gasteiger partial charge in [0.1, 0.15) is 10.7 Å². The van der Waals surface area contributed by atoms with Crippen molar-refractivity contribution in [1.29, 1.82) is 0 Å². The molecule has 0 saturated carbocycles. The van der Waals surface area contributed by atoms with Crippen LogP contribution in [0.4, 0.5) is 5.69 Å². The van der Waals surface area contributed by atoms with Gasteiger partial charge in [0.2, 0.25) is 0 Å². The van der Waals surface area contributed by atoms with E-state index in [1.54, 1.807) is 0 Å². The average Bonchev–Trinajstić information content (AvgIpc) is 2.88. The minimum Gasteiger partial charge on any atom is -0.321 e. The van der Waals surface area contributed by atoms with Gasteiger partial charge in [-0.15, -0.1) is 11.3 Å². The lowest BCUT2D eigenvalue weighted by atomic mass is 10.1. The topological polar surface area (TPSA) is 67.2 Å². The maximum Gasteiger partial charge on any atom is 0.266 e. The Kier molecular flexibility index (Phi) is 6.01. The zero-order chi connectivity index (χ0) is 21.3. The summed E-state index contributed by atoms with van der Waals surface area (Å²) in [4.78, 5) is 34.2. The van der Waals surface area contributed by atoms with Crippen LogP contribution in [0.15, 0.2) is 29.1 Å². The molecule has 0 radical (unpaired) electrons. The van der Waals surface area contributed by atoms with Gasteiger partial charge in [0.25, 0.3) is 11.5 Å². The number of carbonyl (C=O) groups is 1. The van der Waals surface area contributed by atoms with Gasteiger partial charge in [0.05, 0.1) is 10.3 Å². The number of hydrogen-bond donors (Lipinski definition) is 1. The Bertz CT molecular complexity index is 1130. The van der Waals surface area contributed by atoms with Crippen LogP contribution in [0.25, 0.3) is 10.2 Å². The van der Waals surface area contributed by atoms with Gasteiger partial charge in [0.15, 0.2) is 0 Å². The number of nitrogens with one attached hydrogen (secondary N) is 1. The third-order valence-electron chi connectivity index (χ3n) is 5.68. The summed E-state index contributed by atoms with van der Waals surface area (Å²) in [6.45, 7) is 3.55. The molecule has 0 saturated heterocycles. The highest BCUT2D eigenvalue weighted by Crippen LogP contribution is 2.29. The molecule has 3 aromatic rings. The van der Waals surface area contributed by atoms with Crippen molar-refractivity contribution < 1.29 is 4.79 Å². The highest BCUT2D eigenvalue weighted by Gasteiger charge is 2.22. The molecule has 1 aliphatic heterocycles. The maximum atomic E-state index is 13.1. The molecule has 158 valence electrons. The minimum absolute atomic E-state index is 0.00468. The number of anilines is 1. The first-order chi connectivity index (χ1) is 14.4. The van der Waals surface area contributed by atoms with Gasteiger partial charge < -0.3 is 10.2 Å². The molecule has 0 unspecified atom stereocenters. The molecule has 2 aromatic heterocycles. The third kappa shape index (κ3) is 4.18. The Labute approximate surface area is 180 Å². The minimum atomic E-state index is -0.184. The predicted octanol–water partition coefficient (Wildman–Crippen LogP) is 3.85. The number of fused-ring (bicyclic) bond motifs is 2. The first kappa shape index (κ1) is 20.8. The Morgan fingerprint density at radius 3 is 2.70 bits per heavy atom. The van der Waals surface area contributed by atoms with Crippen LogP contribution in [0.2, 0.25) is 0 Å². The molecule has 0 aliphatic carbocycles. The summed E-state index contributed by atoms with van der Waals surface area (Å²) in [7, 11) is 4.11. The summed E-state index contributed by atoms with van der Waals surface area (Å²) in [6.07, 6.45) is 4.97. The lowest BCUT2D eigenvalue weighted by Crippen LogP contribution is -2.24. The van der Waals surface area contributed by atoms with Crippen molar-refractivity contribution in [3.8, 4) is 0 Å². The van der Waals surface area contributed by atoms with Crippen molar-refractivity contribution >= 4 is 33.1 Å². The molecule has 0 fully saturated rings. The van der Waals surface area contributed by atoms with E-state index in [4.69, 9.17) is 4.98 Å². The number of benzene rings is 1. The number of carbonyl (C=O) groups excluding carboxylic acids is 1. The number of aryl methyl sites for hydroxylation is 2. The number of thiophene rings is 1. The van der Waals surface area contributed by atoms with E-state index in [0.29, 0.717) is 21.6 Å². The summed E-state index contributed by atoms with van der Waals surface area (Å²) in [5.41, 5.74) is 2.71.